The second-order valence-corrected chi connectivity index (χ2v) is 6.93. The van der Waals surface area contributed by atoms with Crippen molar-refractivity contribution in [3.8, 4) is 0 Å². The Balaban J connectivity index is 2.03. The highest BCUT2D eigenvalue weighted by Crippen LogP contribution is 2.29. The number of amides is 1. The standard InChI is InChI=1S/C16H15F3N2O3S/c1-11(21-25(23,24)14-5-3-2-4-6-14)15(22)20-13-9-7-12(8-10-13)16(17,18)19/h2-11,21H,1H3,(H,20,22)/t11-/m0/s1. The molecule has 9 heteroatoms. The number of alkyl halides is 3. The van der Waals surface area contributed by atoms with Crippen LogP contribution in [0, 0.1) is 0 Å². The Hall–Kier alpha value is -2.39. The molecule has 25 heavy (non-hydrogen) atoms. The molecule has 2 N–H and O–H groups in total. The van der Waals surface area contributed by atoms with Gasteiger partial charge in [-0.05, 0) is 43.3 Å². The van der Waals surface area contributed by atoms with Gasteiger partial charge in [-0.3, -0.25) is 4.79 Å². The Morgan fingerprint density at radius 2 is 1.56 bits per heavy atom. The first-order valence-corrected chi connectivity index (χ1v) is 8.63. The summed E-state index contributed by atoms with van der Waals surface area (Å²) in [4.78, 5) is 12.0. The first-order chi connectivity index (χ1) is 11.6. The molecular weight excluding hydrogens is 357 g/mol. The molecule has 1 atom stereocenters. The van der Waals surface area contributed by atoms with Crippen molar-refractivity contribution in [1.29, 1.82) is 0 Å². The van der Waals surface area contributed by atoms with Gasteiger partial charge < -0.3 is 5.32 Å². The van der Waals surface area contributed by atoms with Crippen molar-refractivity contribution in [3.63, 3.8) is 0 Å². The molecule has 0 unspecified atom stereocenters. The van der Waals surface area contributed by atoms with E-state index >= 15 is 0 Å². The molecule has 0 aliphatic rings. The largest absolute Gasteiger partial charge is 0.416 e. The molecule has 1 amide bonds. The zero-order chi connectivity index (χ0) is 18.7. The smallest absolute Gasteiger partial charge is 0.325 e. The average molecular weight is 372 g/mol. The van der Waals surface area contributed by atoms with Gasteiger partial charge in [0.15, 0.2) is 0 Å². The first kappa shape index (κ1) is 18.9. The monoisotopic (exact) mass is 372 g/mol. The zero-order valence-electron chi connectivity index (χ0n) is 13.0. The maximum atomic E-state index is 12.5. The molecule has 0 aliphatic heterocycles. The predicted molar refractivity (Wildman–Crippen MR) is 86.3 cm³/mol. The van der Waals surface area contributed by atoms with Crippen LogP contribution in [0.2, 0.25) is 0 Å². The molecule has 0 saturated carbocycles. The Kier molecular flexibility index (Phi) is 5.48. The van der Waals surface area contributed by atoms with Crippen LogP contribution in [0.25, 0.3) is 0 Å². The maximum Gasteiger partial charge on any atom is 0.416 e. The molecule has 5 nitrogen and oxygen atoms in total. The highest BCUT2D eigenvalue weighted by Gasteiger charge is 2.30. The van der Waals surface area contributed by atoms with Crippen LogP contribution in [-0.4, -0.2) is 20.4 Å². The van der Waals surface area contributed by atoms with Crippen LogP contribution >= 0.6 is 0 Å². The van der Waals surface area contributed by atoms with Crippen LogP contribution < -0.4 is 10.0 Å². The second kappa shape index (κ2) is 7.24. The van der Waals surface area contributed by atoms with Gasteiger partial charge in [0.1, 0.15) is 0 Å². The maximum absolute atomic E-state index is 12.5. The molecule has 0 fully saturated rings. The van der Waals surface area contributed by atoms with Crippen molar-refractivity contribution in [2.24, 2.45) is 0 Å². The fourth-order valence-electron chi connectivity index (χ4n) is 1.95. The van der Waals surface area contributed by atoms with E-state index < -0.39 is 33.7 Å². The molecule has 0 bridgehead atoms. The van der Waals surface area contributed by atoms with Gasteiger partial charge in [0, 0.05) is 5.69 Å². The number of carbonyl (C=O) groups is 1. The summed E-state index contributed by atoms with van der Waals surface area (Å²) in [5, 5.41) is 2.36. The molecule has 0 radical (unpaired) electrons. The Morgan fingerprint density at radius 3 is 2.08 bits per heavy atom. The number of rotatable bonds is 5. The summed E-state index contributed by atoms with van der Waals surface area (Å²) in [6, 6.07) is 10.2. The zero-order valence-corrected chi connectivity index (χ0v) is 13.9. The van der Waals surface area contributed by atoms with Gasteiger partial charge in [-0.15, -0.1) is 0 Å². The van der Waals surface area contributed by atoms with E-state index in [2.05, 4.69) is 10.0 Å². The van der Waals surface area contributed by atoms with Gasteiger partial charge in [-0.25, -0.2) is 8.42 Å². The van der Waals surface area contributed by atoms with Crippen molar-refractivity contribution in [2.45, 2.75) is 24.0 Å². The molecule has 0 aliphatic carbocycles. The van der Waals surface area contributed by atoms with E-state index in [1.54, 1.807) is 18.2 Å². The van der Waals surface area contributed by atoms with Crippen molar-refractivity contribution < 1.29 is 26.4 Å². The lowest BCUT2D eigenvalue weighted by atomic mass is 10.2. The fourth-order valence-corrected chi connectivity index (χ4v) is 3.17. The van der Waals surface area contributed by atoms with Crippen LogP contribution in [0.15, 0.2) is 59.5 Å². The van der Waals surface area contributed by atoms with Gasteiger partial charge in [0.05, 0.1) is 16.5 Å². The number of anilines is 1. The molecule has 0 aromatic heterocycles. The van der Waals surface area contributed by atoms with E-state index in [9.17, 15) is 26.4 Å². The summed E-state index contributed by atoms with van der Waals surface area (Å²) >= 11 is 0. The van der Waals surface area contributed by atoms with Gasteiger partial charge >= 0.3 is 6.18 Å². The third-order valence-corrected chi connectivity index (χ3v) is 4.82. The van der Waals surface area contributed by atoms with Crippen LogP contribution in [0.5, 0.6) is 0 Å². The van der Waals surface area contributed by atoms with Gasteiger partial charge in [-0.2, -0.15) is 17.9 Å². The van der Waals surface area contributed by atoms with E-state index in [4.69, 9.17) is 0 Å². The minimum Gasteiger partial charge on any atom is -0.325 e. The highest BCUT2D eigenvalue weighted by atomic mass is 32.2. The Bertz CT molecular complexity index is 835. The number of halogens is 3. The molecule has 0 saturated heterocycles. The molecular formula is C16H15F3N2O3S. The van der Waals surface area contributed by atoms with Crippen molar-refractivity contribution in [3.05, 3.63) is 60.2 Å². The van der Waals surface area contributed by atoms with Crippen LogP contribution in [0.4, 0.5) is 18.9 Å². The Labute approximate surface area is 142 Å². The third kappa shape index (κ3) is 5.04. The lowest BCUT2D eigenvalue weighted by molar-refractivity contribution is -0.137. The van der Waals surface area contributed by atoms with Crippen molar-refractivity contribution in [1.82, 2.24) is 4.72 Å². The third-order valence-electron chi connectivity index (χ3n) is 3.26. The number of nitrogens with one attached hydrogen (secondary N) is 2. The summed E-state index contributed by atoms with van der Waals surface area (Å²) < 4.78 is 64.0. The van der Waals surface area contributed by atoms with E-state index in [-0.39, 0.29) is 10.6 Å². The molecule has 0 heterocycles. The SMILES string of the molecule is C[C@H](NS(=O)(=O)c1ccccc1)C(=O)Nc1ccc(C(F)(F)F)cc1. The number of benzene rings is 2. The first-order valence-electron chi connectivity index (χ1n) is 7.15. The topological polar surface area (TPSA) is 75.3 Å². The van der Waals surface area contributed by atoms with E-state index in [1.807, 2.05) is 0 Å². The molecule has 2 aromatic carbocycles. The molecule has 2 aromatic rings. The van der Waals surface area contributed by atoms with Crippen LogP contribution in [-0.2, 0) is 21.0 Å². The Morgan fingerprint density at radius 1 is 1.00 bits per heavy atom. The summed E-state index contributed by atoms with van der Waals surface area (Å²) in [6.07, 6.45) is -4.47. The molecule has 134 valence electrons. The van der Waals surface area contributed by atoms with Crippen molar-refractivity contribution in [2.75, 3.05) is 5.32 Å². The summed E-state index contributed by atoms with van der Waals surface area (Å²) in [7, 11) is -3.88. The van der Waals surface area contributed by atoms with Gasteiger partial charge in [0.2, 0.25) is 15.9 Å². The van der Waals surface area contributed by atoms with E-state index in [1.165, 1.54) is 19.1 Å². The average Bonchev–Trinajstić information content (AvgIpc) is 2.55. The highest BCUT2D eigenvalue weighted by molar-refractivity contribution is 7.89. The molecule has 0 spiro atoms. The molecule has 2 rings (SSSR count). The lowest BCUT2D eigenvalue weighted by Crippen LogP contribution is -2.41. The quantitative estimate of drug-likeness (QED) is 0.847. The van der Waals surface area contributed by atoms with E-state index in [0.717, 1.165) is 24.3 Å². The minimum atomic E-state index is -4.47. The van der Waals surface area contributed by atoms with Gasteiger partial charge in [-0.1, -0.05) is 18.2 Å². The lowest BCUT2D eigenvalue weighted by Gasteiger charge is -2.15. The number of sulfonamides is 1. The number of hydrogen-bond acceptors (Lipinski definition) is 3. The van der Waals surface area contributed by atoms with Gasteiger partial charge in [0.25, 0.3) is 0 Å². The summed E-state index contributed by atoms with van der Waals surface area (Å²) in [6.45, 7) is 1.33. The van der Waals surface area contributed by atoms with Crippen LogP contribution in [0.1, 0.15) is 12.5 Å². The summed E-state index contributed by atoms with van der Waals surface area (Å²) in [5.41, 5.74) is -0.716. The normalized spacial score (nSPS) is 13.3. The summed E-state index contributed by atoms with van der Waals surface area (Å²) in [5.74, 6) is -0.695. The van der Waals surface area contributed by atoms with Crippen LogP contribution in [0.3, 0.4) is 0 Å². The van der Waals surface area contributed by atoms with Crippen molar-refractivity contribution >= 4 is 21.6 Å². The number of hydrogen-bond donors (Lipinski definition) is 2. The minimum absolute atomic E-state index is 0.00387. The predicted octanol–water partition coefficient (Wildman–Crippen LogP) is 3.01. The fraction of sp³-hybridized carbons (Fsp3) is 0.188. The second-order valence-electron chi connectivity index (χ2n) is 5.22. The van der Waals surface area contributed by atoms with E-state index in [0.29, 0.717) is 0 Å². The number of carbonyl (C=O) groups excluding carboxylic acids is 1.